The van der Waals surface area contributed by atoms with Crippen molar-refractivity contribution < 1.29 is 31.1 Å². The van der Waals surface area contributed by atoms with Crippen LogP contribution in [0.4, 0.5) is 0 Å². The summed E-state index contributed by atoms with van der Waals surface area (Å²) in [4.78, 5) is 0. The molecule has 0 atom stereocenters. The Morgan fingerprint density at radius 3 is 0.722 bits per heavy atom. The van der Waals surface area contributed by atoms with Gasteiger partial charge in [-0.2, -0.15) is 54.6 Å². The van der Waals surface area contributed by atoms with E-state index in [1.807, 2.05) is 91.0 Å². The molecule has 0 aromatic heterocycles. The fraction of sp³-hybridized carbons (Fsp3) is 0. The third kappa shape index (κ3) is 14.6. The molecule has 0 heterocycles. The van der Waals surface area contributed by atoms with Gasteiger partial charge in [0.25, 0.3) is 0 Å². The van der Waals surface area contributed by atoms with E-state index in [0.717, 1.165) is 0 Å². The van der Waals surface area contributed by atoms with Crippen LogP contribution in [0.15, 0.2) is 91.0 Å². The maximum Gasteiger partial charge on any atom is 4.00 e. The van der Waals surface area contributed by atoms with Gasteiger partial charge in [0.1, 0.15) is 0 Å². The Kier molecular flexibility index (Phi) is 18.9. The summed E-state index contributed by atoms with van der Waals surface area (Å²) in [6.45, 7) is 4.75. The molecule has 1 nitrogen and oxygen atoms in total. The van der Waals surface area contributed by atoms with Crippen LogP contribution in [0.2, 0.25) is 0 Å². The summed E-state index contributed by atoms with van der Waals surface area (Å²) in [5.41, 5.74) is 0. The van der Waals surface area contributed by atoms with Crippen LogP contribution < -0.4 is 0 Å². The molecule has 0 aliphatic rings. The van der Waals surface area contributed by atoms with Gasteiger partial charge in [-0.1, -0.05) is 0 Å². The first-order valence-corrected chi connectivity index (χ1v) is 5.22. The van der Waals surface area contributed by atoms with Gasteiger partial charge in [0.15, 0.2) is 0 Å². The Morgan fingerprint density at radius 2 is 0.667 bits per heavy atom. The zero-order valence-corrected chi connectivity index (χ0v) is 14.3. The SMILES string of the molecule is [C-]#N.[U+4].c1cc[cH-]c1.c1cc[cH-]c1.c1cc[cH-]c1. The van der Waals surface area contributed by atoms with E-state index in [4.69, 9.17) is 11.8 Å². The molecule has 0 amide bonds. The van der Waals surface area contributed by atoms with Gasteiger partial charge in [-0.15, -0.1) is 0 Å². The van der Waals surface area contributed by atoms with Gasteiger partial charge in [-0.25, -0.2) is 36.4 Å². The van der Waals surface area contributed by atoms with Crippen molar-refractivity contribution in [2.75, 3.05) is 0 Å². The average Bonchev–Trinajstić information content (AvgIpc) is 3.16. The quantitative estimate of drug-likeness (QED) is 0.460. The molecule has 3 aromatic rings. The molecule has 0 aliphatic heterocycles. The van der Waals surface area contributed by atoms with E-state index >= 15 is 0 Å². The third-order valence-corrected chi connectivity index (χ3v) is 1.67. The molecule has 3 rings (SSSR count). The molecule has 0 saturated carbocycles. The minimum absolute atomic E-state index is 0. The van der Waals surface area contributed by atoms with Gasteiger partial charge < -0.3 is 11.8 Å². The van der Waals surface area contributed by atoms with Crippen LogP contribution in [0.25, 0.3) is 0 Å². The van der Waals surface area contributed by atoms with Crippen molar-refractivity contribution in [2.45, 2.75) is 0 Å². The Labute approximate surface area is 133 Å². The first kappa shape index (κ1) is 18.9. The Balaban J connectivity index is 0. The van der Waals surface area contributed by atoms with Gasteiger partial charge in [0, 0.05) is 0 Å². The molecular formula is C16H15NU. The zero-order valence-electron chi connectivity index (χ0n) is 10.1. The minimum Gasteiger partial charge on any atom is -0.512 e. The van der Waals surface area contributed by atoms with Crippen molar-refractivity contribution >= 4 is 0 Å². The van der Waals surface area contributed by atoms with Gasteiger partial charge in [0.05, 0.1) is 0 Å². The van der Waals surface area contributed by atoms with Gasteiger partial charge in [0.2, 0.25) is 0 Å². The smallest absolute Gasteiger partial charge is 0.512 e. The minimum atomic E-state index is 0. The molecule has 0 bridgehead atoms. The van der Waals surface area contributed by atoms with Crippen molar-refractivity contribution in [2.24, 2.45) is 0 Å². The van der Waals surface area contributed by atoms with Crippen LogP contribution >= 0.6 is 0 Å². The number of rotatable bonds is 0. The molecule has 88 valence electrons. The van der Waals surface area contributed by atoms with Crippen molar-refractivity contribution in [3.05, 3.63) is 97.6 Å². The van der Waals surface area contributed by atoms with Crippen LogP contribution in [-0.2, 0) is 0 Å². The Morgan fingerprint density at radius 1 is 0.500 bits per heavy atom. The predicted octanol–water partition coefficient (Wildman–Crippen LogP) is 4.31. The summed E-state index contributed by atoms with van der Waals surface area (Å²) in [5.74, 6) is 0. The molecule has 0 spiro atoms. The molecule has 18 heavy (non-hydrogen) atoms. The summed E-state index contributed by atoms with van der Waals surface area (Å²) in [6.07, 6.45) is 0. The van der Waals surface area contributed by atoms with Crippen molar-refractivity contribution in [3.63, 3.8) is 0 Å². The molecule has 3 aromatic carbocycles. The van der Waals surface area contributed by atoms with E-state index in [1.54, 1.807) is 0 Å². The summed E-state index contributed by atoms with van der Waals surface area (Å²) in [6, 6.07) is 30.0. The standard InChI is InChI=1S/3C5H5.CN.U/c3*1-2-4-5-3-1;1-2;/h3*1-5H;;/q4*-1;+4. The largest absolute Gasteiger partial charge is 4.00 e. The second-order valence-electron chi connectivity index (χ2n) is 2.89. The van der Waals surface area contributed by atoms with E-state index in [2.05, 4.69) is 0 Å². The van der Waals surface area contributed by atoms with E-state index in [0.29, 0.717) is 0 Å². The second-order valence-corrected chi connectivity index (χ2v) is 2.89. The van der Waals surface area contributed by atoms with Crippen LogP contribution in [-0.4, -0.2) is 0 Å². The Hall–Kier alpha value is -1.41. The molecule has 0 fully saturated rings. The first-order chi connectivity index (χ1) is 8.50. The molecule has 0 saturated heterocycles. The summed E-state index contributed by atoms with van der Waals surface area (Å²) in [5, 5.41) is 6.25. The molecule has 2 heteroatoms. The van der Waals surface area contributed by atoms with E-state index in [1.165, 1.54) is 0 Å². The molecular weight excluding hydrogens is 444 g/mol. The van der Waals surface area contributed by atoms with Crippen molar-refractivity contribution in [1.29, 1.82) is 5.26 Å². The summed E-state index contributed by atoms with van der Waals surface area (Å²) >= 11 is 0. The van der Waals surface area contributed by atoms with Gasteiger partial charge >= 0.3 is 31.1 Å². The van der Waals surface area contributed by atoms with E-state index in [9.17, 15) is 0 Å². The number of hydrogen-bond donors (Lipinski definition) is 0. The first-order valence-electron chi connectivity index (χ1n) is 5.22. The van der Waals surface area contributed by atoms with Gasteiger partial charge in [-0.3, -0.25) is 0 Å². The maximum atomic E-state index is 6.25. The predicted molar refractivity (Wildman–Crippen MR) is 71.1 cm³/mol. The van der Waals surface area contributed by atoms with Crippen LogP contribution in [0.1, 0.15) is 0 Å². The van der Waals surface area contributed by atoms with E-state index in [-0.39, 0.29) is 31.1 Å². The van der Waals surface area contributed by atoms with Crippen LogP contribution in [0, 0.1) is 42.9 Å². The van der Waals surface area contributed by atoms with Crippen LogP contribution in [0.5, 0.6) is 0 Å². The second kappa shape index (κ2) is 18.0. The molecule has 0 aliphatic carbocycles. The summed E-state index contributed by atoms with van der Waals surface area (Å²) < 4.78 is 0. The van der Waals surface area contributed by atoms with Crippen LogP contribution in [0.3, 0.4) is 0 Å². The molecule has 0 N–H and O–H groups in total. The Bertz CT molecular complexity index is 279. The molecule has 0 radical (unpaired) electrons. The number of nitrogens with zero attached hydrogens (tertiary/aromatic N) is 1. The van der Waals surface area contributed by atoms with Gasteiger partial charge in [-0.05, 0) is 0 Å². The van der Waals surface area contributed by atoms with Crippen molar-refractivity contribution in [1.82, 2.24) is 0 Å². The monoisotopic (exact) mass is 459 g/mol. The fourth-order valence-electron chi connectivity index (χ4n) is 0.962. The topological polar surface area (TPSA) is 23.8 Å². The average molecular weight is 459 g/mol. The normalized spacial score (nSPS) is 6.78. The maximum absolute atomic E-state index is 6.25. The fourth-order valence-corrected chi connectivity index (χ4v) is 0.962. The number of hydrogen-bond acceptors (Lipinski definition) is 1. The van der Waals surface area contributed by atoms with E-state index < -0.39 is 0 Å². The zero-order chi connectivity index (χ0) is 12.6. The molecule has 0 unspecified atom stereocenters. The summed E-state index contributed by atoms with van der Waals surface area (Å²) in [7, 11) is 0. The third-order valence-electron chi connectivity index (χ3n) is 1.67. The van der Waals surface area contributed by atoms with Crippen molar-refractivity contribution in [3.8, 4) is 0 Å².